The minimum atomic E-state index is -2.37. The molecule has 0 aliphatic carbocycles. The van der Waals surface area contributed by atoms with Crippen LogP contribution in [0, 0.1) is 22.7 Å². The Labute approximate surface area is 81.0 Å². The van der Waals surface area contributed by atoms with Crippen molar-refractivity contribution in [3.05, 3.63) is 0 Å². The number of amides is 2. The molecule has 0 aromatic carbocycles. The monoisotopic (exact) mass is 195 g/mol. The predicted octanol–water partition coefficient (Wildman–Crippen LogP) is -0.493. The van der Waals surface area contributed by atoms with Gasteiger partial charge in [0.05, 0.1) is 12.5 Å². The van der Waals surface area contributed by atoms with Gasteiger partial charge in [-0.3, -0.25) is 9.59 Å². The van der Waals surface area contributed by atoms with Gasteiger partial charge < -0.3 is 5.11 Å². The molecule has 1 atom stereocenters. The Morgan fingerprint density at radius 2 is 1.79 bits per heavy atom. The number of imide groups is 1. The van der Waals surface area contributed by atoms with E-state index in [2.05, 4.69) is 0 Å². The summed E-state index contributed by atoms with van der Waals surface area (Å²) >= 11 is 0. The van der Waals surface area contributed by atoms with E-state index < -0.39 is 24.0 Å². The van der Waals surface area contributed by atoms with Gasteiger partial charge in [0.15, 0.2) is 0 Å². The van der Waals surface area contributed by atoms with E-state index in [9.17, 15) is 14.7 Å². The average molecular weight is 195 g/mol. The summed E-state index contributed by atoms with van der Waals surface area (Å²) in [6, 6.07) is 2.89. The molecule has 0 aliphatic heterocycles. The second-order valence-corrected chi connectivity index (χ2v) is 2.64. The summed E-state index contributed by atoms with van der Waals surface area (Å²) in [4.78, 5) is 22.3. The molecule has 0 saturated carbocycles. The second-order valence-electron chi connectivity index (χ2n) is 2.64. The van der Waals surface area contributed by atoms with Crippen LogP contribution in [0.1, 0.15) is 20.3 Å². The number of nitriles is 2. The van der Waals surface area contributed by atoms with Gasteiger partial charge in [-0.05, 0) is 0 Å². The fourth-order valence-electron chi connectivity index (χ4n) is 1.02. The van der Waals surface area contributed by atoms with E-state index in [1.165, 1.54) is 12.1 Å². The van der Waals surface area contributed by atoms with Crippen molar-refractivity contribution in [1.29, 1.82) is 10.5 Å². The van der Waals surface area contributed by atoms with Crippen molar-refractivity contribution in [2.75, 3.05) is 0 Å². The number of aliphatic hydroxyl groups is 1. The molecule has 0 rings (SSSR count). The van der Waals surface area contributed by atoms with Crippen molar-refractivity contribution in [2.24, 2.45) is 0 Å². The topological polar surface area (TPSA) is 105 Å². The Bertz CT molecular complexity index is 325. The van der Waals surface area contributed by atoms with Gasteiger partial charge in [0.1, 0.15) is 6.07 Å². The Morgan fingerprint density at radius 3 is 2.00 bits per heavy atom. The van der Waals surface area contributed by atoms with E-state index in [4.69, 9.17) is 10.5 Å². The second kappa shape index (κ2) is 4.35. The highest BCUT2D eigenvalue weighted by Gasteiger charge is 2.39. The lowest BCUT2D eigenvalue weighted by Gasteiger charge is -2.28. The molecule has 1 N–H and O–H groups in total. The normalized spacial score (nSPS) is 13.2. The Morgan fingerprint density at radius 1 is 1.36 bits per heavy atom. The minimum absolute atomic E-state index is 0.357. The van der Waals surface area contributed by atoms with Crippen LogP contribution in [-0.2, 0) is 9.59 Å². The van der Waals surface area contributed by atoms with Gasteiger partial charge in [0.2, 0.25) is 17.5 Å². The Hall–Kier alpha value is -1.92. The molecule has 74 valence electrons. The maximum absolute atomic E-state index is 11.0. The molecule has 0 radical (unpaired) electrons. The minimum Gasteiger partial charge on any atom is -0.358 e. The SMILES string of the molecule is CC(=O)N(C(C)=O)C(O)(C#N)CC#N. The number of rotatable bonds is 2. The zero-order valence-corrected chi connectivity index (χ0v) is 7.81. The molecule has 0 aliphatic rings. The fraction of sp³-hybridized carbons (Fsp3) is 0.500. The lowest BCUT2D eigenvalue weighted by atomic mass is 10.1. The highest BCUT2D eigenvalue weighted by Crippen LogP contribution is 2.15. The number of nitrogens with zero attached hydrogens (tertiary/aromatic N) is 3. The summed E-state index contributed by atoms with van der Waals surface area (Å²) in [6.45, 7) is 2.06. The van der Waals surface area contributed by atoms with Gasteiger partial charge in [0, 0.05) is 13.8 Å². The van der Waals surface area contributed by atoms with Crippen LogP contribution >= 0.6 is 0 Å². The summed E-state index contributed by atoms with van der Waals surface area (Å²) in [7, 11) is 0. The first-order valence-electron chi connectivity index (χ1n) is 3.71. The first-order valence-corrected chi connectivity index (χ1v) is 3.71. The van der Waals surface area contributed by atoms with Crippen LogP contribution in [-0.4, -0.2) is 27.5 Å². The van der Waals surface area contributed by atoms with Crippen LogP contribution in [0.15, 0.2) is 0 Å². The molecular formula is C8H9N3O3. The third kappa shape index (κ3) is 2.28. The van der Waals surface area contributed by atoms with Crippen molar-refractivity contribution in [3.63, 3.8) is 0 Å². The number of carbonyl (C=O) groups excluding carboxylic acids is 2. The highest BCUT2D eigenvalue weighted by atomic mass is 16.3. The van der Waals surface area contributed by atoms with Gasteiger partial charge in [0.25, 0.3) is 0 Å². The Kier molecular flexibility index (Phi) is 3.76. The van der Waals surface area contributed by atoms with Crippen LogP contribution in [0.2, 0.25) is 0 Å². The van der Waals surface area contributed by atoms with E-state index in [0.29, 0.717) is 4.90 Å². The fourth-order valence-corrected chi connectivity index (χ4v) is 1.02. The highest BCUT2D eigenvalue weighted by molar-refractivity contribution is 5.94. The van der Waals surface area contributed by atoms with E-state index in [1.54, 1.807) is 0 Å². The van der Waals surface area contributed by atoms with Crippen molar-refractivity contribution < 1.29 is 14.7 Å². The average Bonchev–Trinajstić information content (AvgIpc) is 2.03. The van der Waals surface area contributed by atoms with E-state index >= 15 is 0 Å². The lowest BCUT2D eigenvalue weighted by Crippen LogP contribution is -2.52. The predicted molar refractivity (Wildman–Crippen MR) is 44.0 cm³/mol. The molecule has 6 nitrogen and oxygen atoms in total. The van der Waals surface area contributed by atoms with Crippen molar-refractivity contribution in [1.82, 2.24) is 4.90 Å². The molecule has 0 heterocycles. The van der Waals surface area contributed by atoms with Gasteiger partial charge in [-0.1, -0.05) is 0 Å². The zero-order valence-electron chi connectivity index (χ0n) is 7.81. The first-order chi connectivity index (χ1) is 6.39. The van der Waals surface area contributed by atoms with Gasteiger partial charge in [-0.15, -0.1) is 0 Å². The van der Waals surface area contributed by atoms with E-state index in [-0.39, 0.29) is 0 Å². The summed E-state index contributed by atoms with van der Waals surface area (Å²) in [5, 5.41) is 26.4. The largest absolute Gasteiger partial charge is 0.358 e. The number of hydrogen-bond donors (Lipinski definition) is 1. The quantitative estimate of drug-likeness (QED) is 0.472. The molecule has 0 fully saturated rings. The van der Waals surface area contributed by atoms with Crippen LogP contribution < -0.4 is 0 Å². The number of carbonyl (C=O) groups is 2. The number of hydrogen-bond acceptors (Lipinski definition) is 5. The van der Waals surface area contributed by atoms with Gasteiger partial charge >= 0.3 is 0 Å². The summed E-state index contributed by atoms with van der Waals surface area (Å²) in [5.41, 5.74) is -2.37. The first kappa shape index (κ1) is 12.1. The molecule has 0 aromatic rings. The molecule has 1 unspecified atom stereocenters. The molecule has 0 aromatic heterocycles. The maximum atomic E-state index is 11.0. The molecule has 6 heteroatoms. The van der Waals surface area contributed by atoms with Gasteiger partial charge in [-0.2, -0.15) is 10.5 Å². The summed E-state index contributed by atoms with van der Waals surface area (Å²) < 4.78 is 0. The van der Waals surface area contributed by atoms with E-state index in [0.717, 1.165) is 13.8 Å². The molecule has 2 amide bonds. The van der Waals surface area contributed by atoms with Gasteiger partial charge in [-0.25, -0.2) is 4.90 Å². The third-order valence-corrected chi connectivity index (χ3v) is 1.50. The standard InChI is InChI=1S/C8H9N3O3/c1-6(12)11(7(2)13)8(14,5-10)3-4-9/h14H,3H2,1-2H3. The molecule has 0 spiro atoms. The molecular weight excluding hydrogens is 186 g/mol. The van der Waals surface area contributed by atoms with Crippen LogP contribution in [0.3, 0.4) is 0 Å². The zero-order chi connectivity index (χ0) is 11.4. The van der Waals surface area contributed by atoms with Crippen molar-refractivity contribution in [3.8, 4) is 12.1 Å². The third-order valence-electron chi connectivity index (χ3n) is 1.50. The summed E-state index contributed by atoms with van der Waals surface area (Å²) in [6.07, 6.45) is -0.636. The van der Waals surface area contributed by atoms with Crippen LogP contribution in [0.25, 0.3) is 0 Å². The van der Waals surface area contributed by atoms with Crippen LogP contribution in [0.4, 0.5) is 0 Å². The van der Waals surface area contributed by atoms with Crippen molar-refractivity contribution in [2.45, 2.75) is 26.0 Å². The molecule has 14 heavy (non-hydrogen) atoms. The Balaban J connectivity index is 5.18. The molecule has 0 bridgehead atoms. The maximum Gasteiger partial charge on any atom is 0.250 e. The summed E-state index contributed by atoms with van der Waals surface area (Å²) in [5.74, 6) is -1.56. The van der Waals surface area contributed by atoms with E-state index in [1.807, 2.05) is 0 Å². The molecule has 0 saturated heterocycles. The van der Waals surface area contributed by atoms with Crippen LogP contribution in [0.5, 0.6) is 0 Å². The lowest BCUT2D eigenvalue weighted by molar-refractivity contribution is -0.160. The van der Waals surface area contributed by atoms with Crippen molar-refractivity contribution >= 4 is 11.8 Å². The smallest absolute Gasteiger partial charge is 0.250 e.